The first kappa shape index (κ1) is 18.7. The summed E-state index contributed by atoms with van der Waals surface area (Å²) >= 11 is 0. The molecule has 29 heavy (non-hydrogen) atoms. The van der Waals surface area contributed by atoms with Crippen LogP contribution in [0.4, 0.5) is 5.69 Å². The quantitative estimate of drug-likeness (QED) is 0.393. The predicted octanol–water partition coefficient (Wildman–Crippen LogP) is 3.37. The number of carbonyl (C=O) groups is 1. The molecule has 1 unspecified atom stereocenters. The van der Waals surface area contributed by atoms with E-state index in [9.17, 15) is 9.59 Å². The minimum absolute atomic E-state index is 0.0212. The summed E-state index contributed by atoms with van der Waals surface area (Å²) in [5, 5.41) is 6.25. The van der Waals surface area contributed by atoms with Gasteiger partial charge in [0.2, 0.25) is 5.91 Å². The van der Waals surface area contributed by atoms with E-state index < -0.39 is 0 Å². The van der Waals surface area contributed by atoms with Crippen LogP contribution in [0.5, 0.6) is 0 Å². The molecule has 3 aromatic carbocycles. The van der Waals surface area contributed by atoms with Gasteiger partial charge in [0.1, 0.15) is 0 Å². The molecule has 1 aromatic heterocycles. The zero-order chi connectivity index (χ0) is 20.1. The molecule has 0 spiro atoms. The van der Waals surface area contributed by atoms with Gasteiger partial charge in [-0.3, -0.25) is 4.79 Å². The van der Waals surface area contributed by atoms with Crippen LogP contribution in [0.2, 0.25) is 0 Å². The van der Waals surface area contributed by atoms with Crippen molar-refractivity contribution in [1.29, 1.82) is 0 Å². The van der Waals surface area contributed by atoms with E-state index in [-0.39, 0.29) is 24.2 Å². The first-order chi connectivity index (χ1) is 14.2. The molecule has 4 N–H and O–H groups in total. The van der Waals surface area contributed by atoms with Gasteiger partial charge >= 0.3 is 5.69 Å². The SMILES string of the molecule is O=C(CNC(Cc1ccccc1)c1ccccc1)Nc1ccc2[nH]c(=O)[nH]c2c1. The Morgan fingerprint density at radius 3 is 2.31 bits per heavy atom. The van der Waals surface area contributed by atoms with E-state index in [4.69, 9.17) is 0 Å². The van der Waals surface area contributed by atoms with E-state index in [2.05, 4.69) is 44.9 Å². The fourth-order valence-electron chi connectivity index (χ4n) is 3.37. The number of benzene rings is 3. The van der Waals surface area contributed by atoms with E-state index in [1.807, 2.05) is 36.4 Å². The zero-order valence-corrected chi connectivity index (χ0v) is 15.8. The van der Waals surface area contributed by atoms with Gasteiger partial charge in [0.25, 0.3) is 0 Å². The van der Waals surface area contributed by atoms with Crippen molar-refractivity contribution in [3.05, 3.63) is 100 Å². The van der Waals surface area contributed by atoms with Crippen LogP contribution in [0.15, 0.2) is 83.7 Å². The highest BCUT2D eigenvalue weighted by Gasteiger charge is 2.14. The molecule has 1 amide bonds. The lowest BCUT2D eigenvalue weighted by atomic mass is 9.99. The minimum Gasteiger partial charge on any atom is -0.325 e. The summed E-state index contributed by atoms with van der Waals surface area (Å²) < 4.78 is 0. The molecule has 4 aromatic rings. The number of imidazole rings is 1. The molecular weight excluding hydrogens is 364 g/mol. The Labute approximate surface area is 168 Å². The second-order valence-corrected chi connectivity index (χ2v) is 6.92. The molecule has 0 aliphatic heterocycles. The third-order valence-corrected chi connectivity index (χ3v) is 4.79. The number of hydrogen-bond donors (Lipinski definition) is 4. The molecule has 0 fully saturated rings. The van der Waals surface area contributed by atoms with Gasteiger partial charge in [-0.25, -0.2) is 4.79 Å². The van der Waals surface area contributed by atoms with Crippen molar-refractivity contribution in [1.82, 2.24) is 15.3 Å². The highest BCUT2D eigenvalue weighted by molar-refractivity contribution is 5.94. The first-order valence-electron chi connectivity index (χ1n) is 9.51. The van der Waals surface area contributed by atoms with Crippen molar-refractivity contribution in [2.24, 2.45) is 0 Å². The van der Waals surface area contributed by atoms with Gasteiger partial charge in [0, 0.05) is 11.7 Å². The number of aromatic nitrogens is 2. The summed E-state index contributed by atoms with van der Waals surface area (Å²) in [5.41, 5.74) is 4.08. The zero-order valence-electron chi connectivity index (χ0n) is 15.8. The molecule has 0 aliphatic rings. The topological polar surface area (TPSA) is 89.8 Å². The van der Waals surface area contributed by atoms with Crippen LogP contribution >= 0.6 is 0 Å². The summed E-state index contributed by atoms with van der Waals surface area (Å²) in [6.45, 7) is 0.175. The number of nitrogens with one attached hydrogen (secondary N) is 4. The molecular formula is C23H22N4O2. The van der Waals surface area contributed by atoms with Crippen LogP contribution in [0, 0.1) is 0 Å². The smallest absolute Gasteiger partial charge is 0.323 e. The van der Waals surface area contributed by atoms with Crippen molar-refractivity contribution in [3.8, 4) is 0 Å². The Hall–Kier alpha value is -3.64. The fraction of sp³-hybridized carbons (Fsp3) is 0.130. The number of H-pyrrole nitrogens is 2. The number of hydrogen-bond acceptors (Lipinski definition) is 3. The number of fused-ring (bicyclic) bond motifs is 1. The minimum atomic E-state index is -0.267. The average molecular weight is 386 g/mol. The van der Waals surface area contributed by atoms with Crippen LogP contribution in [0.3, 0.4) is 0 Å². The molecule has 0 saturated carbocycles. The van der Waals surface area contributed by atoms with Crippen molar-refractivity contribution in [3.63, 3.8) is 0 Å². The summed E-state index contributed by atoms with van der Waals surface area (Å²) in [5.74, 6) is -0.142. The Kier molecular flexibility index (Phi) is 5.54. The first-order valence-corrected chi connectivity index (χ1v) is 9.51. The lowest BCUT2D eigenvalue weighted by molar-refractivity contribution is -0.115. The van der Waals surface area contributed by atoms with Crippen LogP contribution in [-0.2, 0) is 11.2 Å². The average Bonchev–Trinajstić information content (AvgIpc) is 3.12. The van der Waals surface area contributed by atoms with Crippen LogP contribution in [0.25, 0.3) is 11.0 Å². The van der Waals surface area contributed by atoms with Gasteiger partial charge in [-0.2, -0.15) is 0 Å². The van der Waals surface area contributed by atoms with Gasteiger partial charge in [0.05, 0.1) is 17.6 Å². The number of rotatable bonds is 7. The van der Waals surface area contributed by atoms with E-state index >= 15 is 0 Å². The monoisotopic (exact) mass is 386 g/mol. The highest BCUT2D eigenvalue weighted by Crippen LogP contribution is 2.18. The predicted molar refractivity (Wildman–Crippen MR) is 115 cm³/mol. The lowest BCUT2D eigenvalue weighted by Crippen LogP contribution is -2.32. The summed E-state index contributed by atoms with van der Waals surface area (Å²) in [6, 6.07) is 25.6. The molecule has 0 saturated heterocycles. The van der Waals surface area contributed by atoms with Gasteiger partial charge in [0.15, 0.2) is 0 Å². The second kappa shape index (κ2) is 8.58. The van der Waals surface area contributed by atoms with Crippen molar-refractivity contribution in [2.75, 3.05) is 11.9 Å². The van der Waals surface area contributed by atoms with E-state index in [1.165, 1.54) is 5.56 Å². The molecule has 0 aliphatic carbocycles. The van der Waals surface area contributed by atoms with Gasteiger partial charge < -0.3 is 20.6 Å². The summed E-state index contributed by atoms with van der Waals surface area (Å²) in [6.07, 6.45) is 0.786. The molecule has 4 rings (SSSR count). The fourth-order valence-corrected chi connectivity index (χ4v) is 3.37. The van der Waals surface area contributed by atoms with E-state index in [0.717, 1.165) is 12.0 Å². The van der Waals surface area contributed by atoms with Crippen LogP contribution < -0.4 is 16.3 Å². The lowest BCUT2D eigenvalue weighted by Gasteiger charge is -2.19. The third kappa shape index (κ3) is 4.80. The normalized spacial score (nSPS) is 12.0. The third-order valence-electron chi connectivity index (χ3n) is 4.79. The highest BCUT2D eigenvalue weighted by atomic mass is 16.2. The standard InChI is InChI=1S/C23H22N4O2/c28-22(25-18-11-12-19-21(14-18)27-23(29)26-19)15-24-20(17-9-5-2-6-10-17)13-16-7-3-1-4-8-16/h1-12,14,20,24H,13,15H2,(H,25,28)(H2,26,27,29). The Bertz CT molecular complexity index is 1150. The van der Waals surface area contributed by atoms with E-state index in [1.54, 1.807) is 18.2 Å². The van der Waals surface area contributed by atoms with Gasteiger partial charge in [-0.05, 0) is 35.7 Å². The summed E-state index contributed by atoms with van der Waals surface area (Å²) in [4.78, 5) is 29.2. The van der Waals surface area contributed by atoms with E-state index in [0.29, 0.717) is 16.7 Å². The maximum atomic E-state index is 12.5. The number of carbonyl (C=O) groups excluding carboxylic acids is 1. The Morgan fingerprint density at radius 1 is 0.862 bits per heavy atom. The maximum Gasteiger partial charge on any atom is 0.323 e. The summed E-state index contributed by atoms with van der Waals surface area (Å²) in [7, 11) is 0. The largest absolute Gasteiger partial charge is 0.325 e. The molecule has 1 heterocycles. The molecule has 0 radical (unpaired) electrons. The molecule has 0 bridgehead atoms. The Balaban J connectivity index is 1.43. The van der Waals surface area contributed by atoms with Crippen molar-refractivity contribution in [2.45, 2.75) is 12.5 Å². The molecule has 1 atom stereocenters. The molecule has 6 nitrogen and oxygen atoms in total. The number of anilines is 1. The van der Waals surface area contributed by atoms with Gasteiger partial charge in [-0.1, -0.05) is 60.7 Å². The van der Waals surface area contributed by atoms with Crippen LogP contribution in [0.1, 0.15) is 17.2 Å². The second-order valence-electron chi connectivity index (χ2n) is 6.92. The Morgan fingerprint density at radius 2 is 1.55 bits per heavy atom. The number of amides is 1. The molecule has 6 heteroatoms. The van der Waals surface area contributed by atoms with Crippen molar-refractivity contribution < 1.29 is 4.79 Å². The van der Waals surface area contributed by atoms with Gasteiger partial charge in [-0.15, -0.1) is 0 Å². The number of aromatic amines is 2. The molecule has 146 valence electrons. The van der Waals surface area contributed by atoms with Crippen molar-refractivity contribution >= 4 is 22.6 Å². The maximum absolute atomic E-state index is 12.5. The van der Waals surface area contributed by atoms with Crippen LogP contribution in [-0.4, -0.2) is 22.4 Å².